The number of methoxy groups -OCH3 is 1. The molecule has 2 N–H and O–H groups in total. The van der Waals surface area contributed by atoms with Gasteiger partial charge in [-0.2, -0.15) is 5.26 Å². The van der Waals surface area contributed by atoms with Crippen LogP contribution in [0.15, 0.2) is 60.3 Å². The number of nitrogens with zero attached hydrogens (tertiary/aromatic N) is 1. The molecule has 0 aliphatic carbocycles. The lowest BCUT2D eigenvalue weighted by Gasteiger charge is -2.07. The van der Waals surface area contributed by atoms with Crippen LogP contribution in [0.4, 0.5) is 5.69 Å². The fraction of sp³-hybridized carbons (Fsp3) is 0.105. The summed E-state index contributed by atoms with van der Waals surface area (Å²) in [4.78, 5) is 23.7. The highest BCUT2D eigenvalue weighted by atomic mass is 35.5. The Labute approximate surface area is 156 Å². The molecule has 0 atom stereocenters. The highest BCUT2D eigenvalue weighted by Crippen LogP contribution is 2.15. The van der Waals surface area contributed by atoms with Gasteiger partial charge in [0.1, 0.15) is 11.6 Å². The van der Waals surface area contributed by atoms with Crippen molar-refractivity contribution in [2.24, 2.45) is 0 Å². The van der Waals surface area contributed by atoms with Crippen molar-refractivity contribution in [3.8, 4) is 6.07 Å². The molecule has 0 radical (unpaired) electrons. The summed E-state index contributed by atoms with van der Waals surface area (Å²) in [5.74, 6) is -1.01. The first-order valence-corrected chi connectivity index (χ1v) is 7.99. The minimum absolute atomic E-state index is 0.111. The molecular formula is C19H16ClN3O3. The van der Waals surface area contributed by atoms with Crippen molar-refractivity contribution in [2.75, 3.05) is 12.4 Å². The highest BCUT2D eigenvalue weighted by Gasteiger charge is 2.10. The molecule has 0 unspecified atom stereocenters. The maximum absolute atomic E-state index is 12.1. The molecule has 0 fully saturated rings. The van der Waals surface area contributed by atoms with E-state index in [4.69, 9.17) is 11.6 Å². The van der Waals surface area contributed by atoms with Gasteiger partial charge in [0.2, 0.25) is 0 Å². The van der Waals surface area contributed by atoms with Gasteiger partial charge in [0, 0.05) is 23.5 Å². The normalized spacial score (nSPS) is 10.6. The monoisotopic (exact) mass is 369 g/mol. The van der Waals surface area contributed by atoms with Crippen molar-refractivity contribution in [3.63, 3.8) is 0 Å². The molecule has 0 saturated heterocycles. The Morgan fingerprint density at radius 3 is 2.69 bits per heavy atom. The van der Waals surface area contributed by atoms with Gasteiger partial charge in [-0.15, -0.1) is 0 Å². The van der Waals surface area contributed by atoms with E-state index in [2.05, 4.69) is 15.4 Å². The van der Waals surface area contributed by atoms with Crippen molar-refractivity contribution >= 4 is 29.2 Å². The molecule has 0 spiro atoms. The molecular weight excluding hydrogens is 354 g/mol. The number of nitrogens with one attached hydrogen (secondary N) is 2. The van der Waals surface area contributed by atoms with Crippen LogP contribution in [0.3, 0.4) is 0 Å². The summed E-state index contributed by atoms with van der Waals surface area (Å²) in [6.45, 7) is 0.204. The lowest BCUT2D eigenvalue weighted by molar-refractivity contribution is -0.117. The molecule has 0 bridgehead atoms. The van der Waals surface area contributed by atoms with Crippen LogP contribution in [0.5, 0.6) is 0 Å². The summed E-state index contributed by atoms with van der Waals surface area (Å²) < 4.78 is 4.65. The van der Waals surface area contributed by atoms with E-state index in [1.165, 1.54) is 13.3 Å². The summed E-state index contributed by atoms with van der Waals surface area (Å²) in [5, 5.41) is 15.2. The predicted octanol–water partition coefficient (Wildman–Crippen LogP) is 3.26. The number of benzene rings is 2. The van der Waals surface area contributed by atoms with Gasteiger partial charge in [-0.05, 0) is 29.8 Å². The Kier molecular flexibility index (Phi) is 6.77. The van der Waals surface area contributed by atoms with Gasteiger partial charge in [-0.25, -0.2) is 4.79 Å². The van der Waals surface area contributed by atoms with E-state index >= 15 is 0 Å². The maximum atomic E-state index is 12.1. The van der Waals surface area contributed by atoms with Gasteiger partial charge in [0.25, 0.3) is 5.91 Å². The van der Waals surface area contributed by atoms with Crippen molar-refractivity contribution in [3.05, 3.63) is 76.5 Å². The average Bonchev–Trinajstić information content (AvgIpc) is 2.67. The molecule has 0 aromatic heterocycles. The van der Waals surface area contributed by atoms with Gasteiger partial charge in [-0.1, -0.05) is 35.9 Å². The molecule has 6 nitrogen and oxygen atoms in total. The van der Waals surface area contributed by atoms with Crippen LogP contribution in [0.2, 0.25) is 5.02 Å². The Bertz CT molecular complexity index is 888. The molecule has 0 heterocycles. The molecule has 26 heavy (non-hydrogen) atoms. The van der Waals surface area contributed by atoms with E-state index in [-0.39, 0.29) is 12.1 Å². The van der Waals surface area contributed by atoms with Gasteiger partial charge in [0.15, 0.2) is 0 Å². The number of amides is 1. The zero-order chi connectivity index (χ0) is 18.9. The Balaban J connectivity index is 2.03. The summed E-state index contributed by atoms with van der Waals surface area (Å²) in [6.07, 6.45) is 1.28. The zero-order valence-corrected chi connectivity index (χ0v) is 14.7. The topological polar surface area (TPSA) is 91.2 Å². The summed E-state index contributed by atoms with van der Waals surface area (Å²) in [5.41, 5.74) is 1.53. The number of hydrogen-bond donors (Lipinski definition) is 2. The number of carbonyl (C=O) groups is 2. The number of rotatable bonds is 6. The predicted molar refractivity (Wildman–Crippen MR) is 98.4 cm³/mol. The summed E-state index contributed by atoms with van der Waals surface area (Å²) in [7, 11) is 1.29. The molecule has 1 amide bonds. The van der Waals surface area contributed by atoms with Crippen molar-refractivity contribution in [1.29, 1.82) is 5.26 Å². The minimum Gasteiger partial charge on any atom is -0.465 e. The first-order valence-electron chi connectivity index (χ1n) is 7.62. The maximum Gasteiger partial charge on any atom is 0.337 e. The van der Waals surface area contributed by atoms with E-state index in [0.29, 0.717) is 16.3 Å². The second-order valence-corrected chi connectivity index (χ2v) is 5.57. The third kappa shape index (κ3) is 5.10. The highest BCUT2D eigenvalue weighted by molar-refractivity contribution is 6.31. The molecule has 132 valence electrons. The van der Waals surface area contributed by atoms with Gasteiger partial charge in [-0.3, -0.25) is 4.79 Å². The van der Waals surface area contributed by atoms with Crippen molar-refractivity contribution in [1.82, 2.24) is 5.32 Å². The van der Waals surface area contributed by atoms with Crippen LogP contribution in [0.25, 0.3) is 0 Å². The molecule has 0 saturated carbocycles. The fourth-order valence-corrected chi connectivity index (χ4v) is 2.27. The van der Waals surface area contributed by atoms with Crippen LogP contribution in [-0.2, 0) is 16.1 Å². The number of esters is 1. The molecule has 2 rings (SSSR count). The van der Waals surface area contributed by atoms with E-state index in [0.717, 1.165) is 5.56 Å². The van der Waals surface area contributed by atoms with Crippen LogP contribution in [-0.4, -0.2) is 19.0 Å². The quantitative estimate of drug-likeness (QED) is 0.463. The molecule has 2 aromatic rings. The summed E-state index contributed by atoms with van der Waals surface area (Å²) in [6, 6.07) is 15.5. The first-order chi connectivity index (χ1) is 12.5. The van der Waals surface area contributed by atoms with Crippen LogP contribution < -0.4 is 10.6 Å². The second kappa shape index (κ2) is 9.25. The van der Waals surface area contributed by atoms with E-state index in [1.54, 1.807) is 42.5 Å². The van der Waals surface area contributed by atoms with Gasteiger partial charge >= 0.3 is 5.97 Å². The number of ether oxygens (including phenoxy) is 1. The minimum atomic E-state index is -0.538. The van der Waals surface area contributed by atoms with Crippen molar-refractivity contribution in [2.45, 2.75) is 6.54 Å². The number of halogens is 1. The molecule has 2 aromatic carbocycles. The van der Waals surface area contributed by atoms with E-state index in [9.17, 15) is 14.9 Å². The summed E-state index contributed by atoms with van der Waals surface area (Å²) >= 11 is 6.03. The second-order valence-electron chi connectivity index (χ2n) is 5.16. The first kappa shape index (κ1) is 19.0. The van der Waals surface area contributed by atoms with E-state index in [1.807, 2.05) is 12.1 Å². The SMILES string of the molecule is COC(=O)c1cccc(N/C=C(/C#N)C(=O)NCc2ccccc2Cl)c1. The molecule has 0 aliphatic heterocycles. The number of anilines is 1. The smallest absolute Gasteiger partial charge is 0.337 e. The van der Waals surface area contributed by atoms with Crippen LogP contribution >= 0.6 is 11.6 Å². The third-order valence-corrected chi connectivity index (χ3v) is 3.80. The lowest BCUT2D eigenvalue weighted by atomic mass is 10.2. The standard InChI is InChI=1S/C19H16ClN3O3/c1-26-19(25)13-6-4-7-16(9-13)22-12-15(10-21)18(24)23-11-14-5-2-3-8-17(14)20/h2-9,12,22H,11H2,1H3,(H,23,24)/b15-12-. The zero-order valence-electron chi connectivity index (χ0n) is 14.0. The number of hydrogen-bond acceptors (Lipinski definition) is 5. The van der Waals surface area contributed by atoms with Crippen LogP contribution in [0, 0.1) is 11.3 Å². The molecule has 0 aliphatic rings. The Hall–Kier alpha value is -3.30. The van der Waals surface area contributed by atoms with Crippen molar-refractivity contribution < 1.29 is 14.3 Å². The third-order valence-electron chi connectivity index (χ3n) is 3.43. The largest absolute Gasteiger partial charge is 0.465 e. The van der Waals surface area contributed by atoms with E-state index < -0.39 is 11.9 Å². The number of nitriles is 1. The average molecular weight is 370 g/mol. The molecule has 7 heteroatoms. The van der Waals surface area contributed by atoms with Gasteiger partial charge in [0.05, 0.1) is 12.7 Å². The Morgan fingerprint density at radius 2 is 2.00 bits per heavy atom. The van der Waals surface area contributed by atoms with Gasteiger partial charge < -0.3 is 15.4 Å². The lowest BCUT2D eigenvalue weighted by Crippen LogP contribution is -2.24. The Morgan fingerprint density at radius 1 is 1.23 bits per heavy atom. The van der Waals surface area contributed by atoms with Crippen LogP contribution in [0.1, 0.15) is 15.9 Å². The number of carbonyl (C=O) groups excluding carboxylic acids is 2. The fourth-order valence-electron chi connectivity index (χ4n) is 2.07.